The Balaban J connectivity index is 2.41. The summed E-state index contributed by atoms with van der Waals surface area (Å²) in [6.45, 7) is 5.59. The highest BCUT2D eigenvalue weighted by Gasteiger charge is 2.27. The average molecular weight is 256 g/mol. The minimum absolute atomic E-state index is 0.00361. The van der Waals surface area contributed by atoms with Crippen molar-refractivity contribution in [3.8, 4) is 0 Å². The fourth-order valence-corrected chi connectivity index (χ4v) is 2.12. The zero-order valence-corrected chi connectivity index (χ0v) is 11.3. The lowest BCUT2D eigenvalue weighted by molar-refractivity contribution is -0.135. The minimum atomic E-state index is -0.0971. The summed E-state index contributed by atoms with van der Waals surface area (Å²) in [6.07, 6.45) is 2.22. The van der Waals surface area contributed by atoms with E-state index in [0.29, 0.717) is 19.5 Å². The summed E-state index contributed by atoms with van der Waals surface area (Å²) < 4.78 is 0. The molecule has 0 aromatic rings. The second-order valence-electron chi connectivity index (χ2n) is 5.07. The Hall–Kier alpha value is -1.10. The normalized spacial score (nSPS) is 21.5. The van der Waals surface area contributed by atoms with Crippen molar-refractivity contribution >= 4 is 11.8 Å². The maximum absolute atomic E-state index is 11.9. The molecule has 0 radical (unpaired) electrons. The van der Waals surface area contributed by atoms with Crippen molar-refractivity contribution in [3.05, 3.63) is 0 Å². The smallest absolute Gasteiger partial charge is 0.224 e. The van der Waals surface area contributed by atoms with Gasteiger partial charge in [0.1, 0.15) is 0 Å². The molecular weight excluding hydrogens is 232 g/mol. The number of hydrogen-bond acceptors (Lipinski definition) is 3. The van der Waals surface area contributed by atoms with E-state index in [1.54, 1.807) is 4.90 Å². The van der Waals surface area contributed by atoms with Gasteiger partial charge in [-0.15, -0.1) is 0 Å². The van der Waals surface area contributed by atoms with Crippen LogP contribution in [0, 0.1) is 11.8 Å². The lowest BCUT2D eigenvalue weighted by Gasteiger charge is -2.32. The van der Waals surface area contributed by atoms with Crippen molar-refractivity contribution in [2.75, 3.05) is 26.2 Å². The van der Waals surface area contributed by atoms with Gasteiger partial charge < -0.3 is 15.3 Å². The molecule has 2 unspecified atom stereocenters. The minimum Gasteiger partial charge on any atom is -0.396 e. The lowest BCUT2D eigenvalue weighted by Crippen LogP contribution is -2.46. The third-order valence-electron chi connectivity index (χ3n) is 3.38. The van der Waals surface area contributed by atoms with Gasteiger partial charge >= 0.3 is 0 Å². The Morgan fingerprint density at radius 3 is 2.83 bits per heavy atom. The highest BCUT2D eigenvalue weighted by molar-refractivity contribution is 5.81. The Kier molecular flexibility index (Phi) is 6.12. The third kappa shape index (κ3) is 4.29. The number of carbonyl (C=O) groups is 2. The predicted molar refractivity (Wildman–Crippen MR) is 68.9 cm³/mol. The maximum atomic E-state index is 11.9. The molecular formula is C13H24N2O3. The monoisotopic (exact) mass is 256 g/mol. The molecule has 0 aromatic carbocycles. The first-order chi connectivity index (χ1) is 8.58. The van der Waals surface area contributed by atoms with Crippen molar-refractivity contribution in [2.24, 2.45) is 11.8 Å². The Morgan fingerprint density at radius 1 is 1.50 bits per heavy atom. The summed E-state index contributed by atoms with van der Waals surface area (Å²) in [4.78, 5) is 25.3. The molecule has 1 saturated heterocycles. The number of carbonyl (C=O) groups excluding carboxylic acids is 2. The van der Waals surface area contributed by atoms with Crippen LogP contribution in [0.5, 0.6) is 0 Å². The topological polar surface area (TPSA) is 69.6 Å². The zero-order chi connectivity index (χ0) is 13.5. The van der Waals surface area contributed by atoms with E-state index >= 15 is 0 Å². The summed E-state index contributed by atoms with van der Waals surface area (Å²) >= 11 is 0. The van der Waals surface area contributed by atoms with E-state index in [4.69, 9.17) is 5.11 Å². The molecule has 18 heavy (non-hydrogen) atoms. The van der Waals surface area contributed by atoms with Crippen LogP contribution >= 0.6 is 0 Å². The zero-order valence-electron chi connectivity index (χ0n) is 11.3. The summed E-state index contributed by atoms with van der Waals surface area (Å²) in [5.74, 6) is 0.103. The molecule has 2 atom stereocenters. The molecule has 1 heterocycles. The first-order valence-corrected chi connectivity index (χ1v) is 6.74. The Bertz CT molecular complexity index is 294. The molecule has 5 heteroatoms. The molecule has 1 fully saturated rings. The number of nitrogens with one attached hydrogen (secondary N) is 1. The molecule has 104 valence electrons. The van der Waals surface area contributed by atoms with Crippen LogP contribution in [0.25, 0.3) is 0 Å². The van der Waals surface area contributed by atoms with Crippen molar-refractivity contribution in [1.82, 2.24) is 10.2 Å². The van der Waals surface area contributed by atoms with Crippen molar-refractivity contribution in [2.45, 2.75) is 33.1 Å². The van der Waals surface area contributed by atoms with E-state index in [0.717, 1.165) is 19.4 Å². The van der Waals surface area contributed by atoms with Crippen LogP contribution in [0.1, 0.15) is 33.1 Å². The van der Waals surface area contributed by atoms with E-state index in [1.807, 2.05) is 13.8 Å². The van der Waals surface area contributed by atoms with Crippen LogP contribution in [0.2, 0.25) is 0 Å². The van der Waals surface area contributed by atoms with Crippen LogP contribution in [0.4, 0.5) is 0 Å². The van der Waals surface area contributed by atoms with E-state index in [9.17, 15) is 9.59 Å². The second-order valence-corrected chi connectivity index (χ2v) is 5.07. The summed E-state index contributed by atoms with van der Waals surface area (Å²) in [5.41, 5.74) is 0. The first-order valence-electron chi connectivity index (χ1n) is 6.74. The molecule has 1 aliphatic heterocycles. The van der Waals surface area contributed by atoms with Crippen LogP contribution in [0.15, 0.2) is 0 Å². The molecule has 0 bridgehead atoms. The number of likely N-dealkylation sites (tertiary alicyclic amines) is 1. The van der Waals surface area contributed by atoms with Gasteiger partial charge in [0.2, 0.25) is 11.8 Å². The van der Waals surface area contributed by atoms with Gasteiger partial charge in [-0.05, 0) is 18.8 Å². The third-order valence-corrected chi connectivity index (χ3v) is 3.38. The first kappa shape index (κ1) is 15.0. The molecule has 0 aliphatic carbocycles. The quantitative estimate of drug-likeness (QED) is 0.747. The number of piperidine rings is 1. The summed E-state index contributed by atoms with van der Waals surface area (Å²) in [6, 6.07) is 0. The Labute approximate surface area is 109 Å². The van der Waals surface area contributed by atoms with Gasteiger partial charge in [0.15, 0.2) is 0 Å². The molecule has 1 aliphatic rings. The molecule has 2 amide bonds. The Morgan fingerprint density at radius 2 is 2.22 bits per heavy atom. The molecule has 1 rings (SSSR count). The van der Waals surface area contributed by atoms with Gasteiger partial charge in [0.25, 0.3) is 0 Å². The number of hydrogen-bond donors (Lipinski definition) is 2. The fraction of sp³-hybridized carbons (Fsp3) is 0.846. The average Bonchev–Trinajstić information content (AvgIpc) is 2.43. The molecule has 0 spiro atoms. The molecule has 5 nitrogen and oxygen atoms in total. The van der Waals surface area contributed by atoms with Gasteiger partial charge in [-0.1, -0.05) is 13.8 Å². The van der Waals surface area contributed by atoms with Crippen LogP contribution in [-0.4, -0.2) is 48.1 Å². The largest absolute Gasteiger partial charge is 0.396 e. The van der Waals surface area contributed by atoms with Crippen molar-refractivity contribution < 1.29 is 14.7 Å². The van der Waals surface area contributed by atoms with Crippen molar-refractivity contribution in [3.63, 3.8) is 0 Å². The number of nitrogens with zero attached hydrogens (tertiary/aromatic N) is 1. The van der Waals surface area contributed by atoms with Crippen LogP contribution in [-0.2, 0) is 9.59 Å². The van der Waals surface area contributed by atoms with E-state index in [1.165, 1.54) is 0 Å². The lowest BCUT2D eigenvalue weighted by atomic mass is 9.96. The molecule has 0 saturated carbocycles. The fourth-order valence-electron chi connectivity index (χ4n) is 2.12. The van der Waals surface area contributed by atoms with Crippen molar-refractivity contribution in [1.29, 1.82) is 0 Å². The van der Waals surface area contributed by atoms with E-state index < -0.39 is 0 Å². The summed E-state index contributed by atoms with van der Waals surface area (Å²) in [5, 5.41) is 11.7. The van der Waals surface area contributed by atoms with Gasteiger partial charge in [0.05, 0.1) is 5.92 Å². The SMILES string of the molecule is CCC(=O)N1CCCC(C(=O)NCC(C)CO)C1. The summed E-state index contributed by atoms with van der Waals surface area (Å²) in [7, 11) is 0. The molecule has 2 N–H and O–H groups in total. The van der Waals surface area contributed by atoms with Gasteiger partial charge in [-0.3, -0.25) is 9.59 Å². The number of rotatable bonds is 5. The molecule has 0 aromatic heterocycles. The number of amides is 2. The van der Waals surface area contributed by atoms with E-state index in [2.05, 4.69) is 5.32 Å². The van der Waals surface area contributed by atoms with Gasteiger partial charge in [0, 0.05) is 32.7 Å². The van der Waals surface area contributed by atoms with Gasteiger partial charge in [-0.25, -0.2) is 0 Å². The van der Waals surface area contributed by atoms with E-state index in [-0.39, 0.29) is 30.3 Å². The second kappa shape index (κ2) is 7.36. The van der Waals surface area contributed by atoms with Crippen LogP contribution < -0.4 is 5.32 Å². The predicted octanol–water partition coefficient (Wildman–Crippen LogP) is 0.380. The number of aliphatic hydroxyl groups excluding tert-OH is 1. The van der Waals surface area contributed by atoms with Gasteiger partial charge in [-0.2, -0.15) is 0 Å². The highest BCUT2D eigenvalue weighted by atomic mass is 16.3. The number of aliphatic hydroxyl groups is 1. The standard InChI is InChI=1S/C13H24N2O3/c1-3-12(17)15-6-4-5-11(8-15)13(18)14-7-10(2)9-16/h10-11,16H,3-9H2,1-2H3,(H,14,18). The van der Waals surface area contributed by atoms with Crippen LogP contribution in [0.3, 0.4) is 0 Å². The maximum Gasteiger partial charge on any atom is 0.224 e. The highest BCUT2D eigenvalue weighted by Crippen LogP contribution is 2.17.